The van der Waals surface area contributed by atoms with Gasteiger partial charge in [-0.1, -0.05) is 13.8 Å². The van der Waals surface area contributed by atoms with Crippen LogP contribution in [-0.4, -0.2) is 16.0 Å². The van der Waals surface area contributed by atoms with E-state index >= 15 is 0 Å². The van der Waals surface area contributed by atoms with Gasteiger partial charge < -0.3 is 11.1 Å². The van der Waals surface area contributed by atoms with Crippen molar-refractivity contribution in [1.29, 1.82) is 0 Å². The van der Waals surface area contributed by atoms with Crippen LogP contribution in [0.2, 0.25) is 0 Å². The highest BCUT2D eigenvalue weighted by molar-refractivity contribution is 14.1. The Morgan fingerprint density at radius 1 is 1.41 bits per heavy atom. The maximum absolute atomic E-state index is 5.73. The lowest BCUT2D eigenvalue weighted by atomic mass is 10.2. The second kappa shape index (κ2) is 5.34. The van der Waals surface area contributed by atoms with Crippen LogP contribution in [0.15, 0.2) is 6.07 Å². The highest BCUT2D eigenvalue weighted by Gasteiger charge is 2.12. The van der Waals surface area contributed by atoms with Gasteiger partial charge in [0, 0.05) is 6.04 Å². The van der Waals surface area contributed by atoms with E-state index in [2.05, 4.69) is 51.7 Å². The smallest absolute Gasteiger partial charge is 0.222 e. The van der Waals surface area contributed by atoms with Crippen LogP contribution in [0.5, 0.6) is 0 Å². The fourth-order valence-electron chi connectivity index (χ4n) is 1.70. The predicted octanol–water partition coefficient (Wildman–Crippen LogP) is 3.48. The van der Waals surface area contributed by atoms with Crippen molar-refractivity contribution in [3.63, 3.8) is 0 Å². The third kappa shape index (κ3) is 2.79. The monoisotopic (exact) mass is 362 g/mol. The highest BCUT2D eigenvalue weighted by atomic mass is 127. The molecule has 0 aliphatic carbocycles. The summed E-state index contributed by atoms with van der Waals surface area (Å²) in [6, 6.07) is 2.48. The van der Waals surface area contributed by atoms with Gasteiger partial charge in [0.25, 0.3) is 0 Å². The van der Waals surface area contributed by atoms with Crippen molar-refractivity contribution in [1.82, 2.24) is 9.97 Å². The van der Waals surface area contributed by atoms with Gasteiger partial charge in [-0.3, -0.25) is 0 Å². The van der Waals surface area contributed by atoms with Gasteiger partial charge in [-0.25, -0.2) is 4.98 Å². The summed E-state index contributed by atoms with van der Waals surface area (Å²) in [6.07, 6.45) is 2.15. The molecule has 3 N–H and O–H groups in total. The molecule has 2 aromatic heterocycles. The van der Waals surface area contributed by atoms with Crippen molar-refractivity contribution in [2.24, 2.45) is 0 Å². The second-order valence-corrected chi connectivity index (χ2v) is 6.80. The average Bonchev–Trinajstić information content (AvgIpc) is 2.66. The summed E-state index contributed by atoms with van der Waals surface area (Å²) in [5, 5.41) is 3.45. The highest BCUT2D eigenvalue weighted by Crippen LogP contribution is 2.31. The quantitative estimate of drug-likeness (QED) is 0.818. The van der Waals surface area contributed by atoms with Crippen molar-refractivity contribution in [2.75, 3.05) is 11.1 Å². The fraction of sp³-hybridized carbons (Fsp3) is 0.455. The third-order valence-electron chi connectivity index (χ3n) is 2.69. The topological polar surface area (TPSA) is 63.8 Å². The summed E-state index contributed by atoms with van der Waals surface area (Å²) < 4.78 is 2.29. The maximum atomic E-state index is 5.73. The molecule has 0 saturated carbocycles. The molecule has 0 bridgehead atoms. The standard InChI is InChI=1S/C11H15IN4S/c1-3-6(4-2)14-10-9-7(5-8(12)17-9)15-11(13)16-10/h5-6H,3-4H2,1-2H3,(H3,13,14,15,16). The molecule has 2 heterocycles. The Morgan fingerprint density at radius 2 is 2.12 bits per heavy atom. The van der Waals surface area contributed by atoms with Crippen LogP contribution in [0.3, 0.4) is 0 Å². The van der Waals surface area contributed by atoms with E-state index in [1.54, 1.807) is 11.3 Å². The summed E-state index contributed by atoms with van der Waals surface area (Å²) in [7, 11) is 0. The average molecular weight is 362 g/mol. The molecule has 0 spiro atoms. The number of thiophene rings is 1. The fourth-order valence-corrected chi connectivity index (χ4v) is 3.43. The Hall–Kier alpha value is -0.630. The van der Waals surface area contributed by atoms with E-state index in [0.29, 0.717) is 12.0 Å². The molecule has 2 rings (SSSR count). The van der Waals surface area contributed by atoms with Crippen LogP contribution in [0.25, 0.3) is 10.2 Å². The predicted molar refractivity (Wildman–Crippen MR) is 82.5 cm³/mol. The van der Waals surface area contributed by atoms with Crippen LogP contribution in [-0.2, 0) is 0 Å². The molecular weight excluding hydrogens is 347 g/mol. The van der Waals surface area contributed by atoms with Gasteiger partial charge in [-0.15, -0.1) is 11.3 Å². The number of nitrogens with two attached hydrogens (primary N) is 1. The minimum atomic E-state index is 0.333. The van der Waals surface area contributed by atoms with Gasteiger partial charge in [-0.05, 0) is 41.5 Å². The Kier molecular flexibility index (Phi) is 4.03. The molecule has 17 heavy (non-hydrogen) atoms. The minimum Gasteiger partial charge on any atom is -0.368 e. The van der Waals surface area contributed by atoms with Crippen LogP contribution in [0.1, 0.15) is 26.7 Å². The van der Waals surface area contributed by atoms with Gasteiger partial charge >= 0.3 is 0 Å². The Labute approximate surface area is 118 Å². The first-order chi connectivity index (χ1) is 8.13. The second-order valence-electron chi connectivity index (χ2n) is 3.85. The lowest BCUT2D eigenvalue weighted by Crippen LogP contribution is -2.18. The number of hydrogen-bond donors (Lipinski definition) is 2. The van der Waals surface area contributed by atoms with Crippen molar-refractivity contribution in [3.8, 4) is 0 Å². The van der Waals surface area contributed by atoms with Crippen molar-refractivity contribution in [3.05, 3.63) is 8.95 Å². The van der Waals surface area contributed by atoms with E-state index in [1.165, 1.54) is 2.88 Å². The number of aromatic nitrogens is 2. The molecule has 6 heteroatoms. The van der Waals surface area contributed by atoms with Gasteiger partial charge in [0.1, 0.15) is 5.82 Å². The number of nitrogens with zero attached hydrogens (tertiary/aromatic N) is 2. The molecule has 0 aliphatic heterocycles. The Morgan fingerprint density at radius 3 is 2.76 bits per heavy atom. The number of anilines is 2. The summed E-state index contributed by atoms with van der Waals surface area (Å²) in [4.78, 5) is 8.56. The molecule has 0 radical (unpaired) electrons. The van der Waals surface area contributed by atoms with Gasteiger partial charge in [-0.2, -0.15) is 4.98 Å². The number of hydrogen-bond acceptors (Lipinski definition) is 5. The summed E-state index contributed by atoms with van der Waals surface area (Å²) in [5.41, 5.74) is 6.66. The largest absolute Gasteiger partial charge is 0.368 e. The first-order valence-corrected chi connectivity index (χ1v) is 7.52. The molecule has 0 atom stereocenters. The van der Waals surface area contributed by atoms with Crippen LogP contribution >= 0.6 is 33.9 Å². The van der Waals surface area contributed by atoms with E-state index in [9.17, 15) is 0 Å². The third-order valence-corrected chi connectivity index (χ3v) is 4.58. The maximum Gasteiger partial charge on any atom is 0.222 e. The molecule has 0 aromatic carbocycles. The number of halogens is 1. The number of fused-ring (bicyclic) bond motifs is 1. The molecule has 92 valence electrons. The number of nitrogen functional groups attached to an aromatic ring is 1. The molecule has 0 aliphatic rings. The van der Waals surface area contributed by atoms with Crippen LogP contribution in [0, 0.1) is 2.88 Å². The van der Waals surface area contributed by atoms with Gasteiger partial charge in [0.2, 0.25) is 5.95 Å². The zero-order valence-corrected chi connectivity index (χ0v) is 12.8. The van der Waals surface area contributed by atoms with Gasteiger partial charge in [0.05, 0.1) is 13.1 Å². The summed E-state index contributed by atoms with van der Waals surface area (Å²) >= 11 is 3.99. The Balaban J connectivity index is 2.44. The number of rotatable bonds is 4. The lowest BCUT2D eigenvalue weighted by Gasteiger charge is -2.15. The van der Waals surface area contributed by atoms with Crippen molar-refractivity contribution in [2.45, 2.75) is 32.7 Å². The lowest BCUT2D eigenvalue weighted by molar-refractivity contribution is 0.669. The number of nitrogens with one attached hydrogen (secondary N) is 1. The molecule has 2 aromatic rings. The van der Waals surface area contributed by atoms with Crippen LogP contribution in [0.4, 0.5) is 11.8 Å². The SMILES string of the molecule is CCC(CC)Nc1nc(N)nc2cc(I)sc12. The zero-order valence-electron chi connectivity index (χ0n) is 9.83. The van der Waals surface area contributed by atoms with E-state index < -0.39 is 0 Å². The molecule has 0 amide bonds. The Bertz CT molecular complexity index is 521. The molecule has 0 saturated heterocycles. The van der Waals surface area contributed by atoms with Crippen molar-refractivity contribution >= 4 is 55.9 Å². The molecule has 0 fully saturated rings. The normalized spacial score (nSPS) is 11.3. The van der Waals surface area contributed by atoms with Crippen LogP contribution < -0.4 is 11.1 Å². The molecule has 0 unspecified atom stereocenters. The summed E-state index contributed by atoms with van der Waals surface area (Å²) in [5.74, 6) is 1.20. The first kappa shape index (κ1) is 12.8. The van der Waals surface area contributed by atoms with E-state index in [4.69, 9.17) is 5.73 Å². The van der Waals surface area contributed by atoms with E-state index in [1.807, 2.05) is 6.07 Å². The molecular formula is C11H15IN4S. The van der Waals surface area contributed by atoms with E-state index in [0.717, 1.165) is 28.9 Å². The summed E-state index contributed by atoms with van der Waals surface area (Å²) in [6.45, 7) is 4.34. The molecule has 4 nitrogen and oxygen atoms in total. The zero-order chi connectivity index (χ0) is 12.4. The van der Waals surface area contributed by atoms with Gasteiger partial charge in [0.15, 0.2) is 0 Å². The minimum absolute atomic E-state index is 0.333. The van der Waals surface area contributed by atoms with Crippen molar-refractivity contribution < 1.29 is 0 Å². The van der Waals surface area contributed by atoms with E-state index in [-0.39, 0.29) is 0 Å². The first-order valence-electron chi connectivity index (χ1n) is 5.63.